The van der Waals surface area contributed by atoms with Gasteiger partial charge >= 0.3 is 0 Å². The molecule has 2 rings (SSSR count). The summed E-state index contributed by atoms with van der Waals surface area (Å²) < 4.78 is 16.2. The molecule has 2 N–H and O–H groups in total. The Balaban J connectivity index is 0.00000450. The number of guanidine groups is 1. The minimum absolute atomic E-state index is 0. The Kier molecular flexibility index (Phi) is 13.1. The number of nitrogens with one attached hydrogen (secondary N) is 2. The molecule has 1 unspecified atom stereocenters. The number of aliphatic imine (C=N–C) groups is 1. The summed E-state index contributed by atoms with van der Waals surface area (Å²) in [6, 6.07) is 6.56. The van der Waals surface area contributed by atoms with Crippen LogP contribution in [0.15, 0.2) is 23.2 Å². The van der Waals surface area contributed by atoms with E-state index >= 15 is 0 Å². The maximum absolute atomic E-state index is 5.49. The van der Waals surface area contributed by atoms with Gasteiger partial charge in [-0.3, -0.25) is 9.89 Å². The lowest BCUT2D eigenvalue weighted by Gasteiger charge is -2.37. The van der Waals surface area contributed by atoms with Gasteiger partial charge in [-0.15, -0.1) is 24.0 Å². The predicted molar refractivity (Wildman–Crippen MR) is 134 cm³/mol. The predicted octanol–water partition coefficient (Wildman–Crippen LogP) is 2.78. The third kappa shape index (κ3) is 8.47. The molecule has 0 amide bonds. The Morgan fingerprint density at radius 3 is 2.43 bits per heavy atom. The molecule has 1 saturated heterocycles. The average molecular weight is 534 g/mol. The highest BCUT2D eigenvalue weighted by Gasteiger charge is 2.23. The minimum Gasteiger partial charge on any atom is -0.493 e. The second kappa shape index (κ2) is 14.7. The van der Waals surface area contributed by atoms with Gasteiger partial charge in [0.05, 0.1) is 27.4 Å². The van der Waals surface area contributed by atoms with Crippen LogP contribution in [-0.2, 0) is 11.2 Å². The van der Waals surface area contributed by atoms with Crippen molar-refractivity contribution in [2.75, 3.05) is 60.7 Å². The van der Waals surface area contributed by atoms with Gasteiger partial charge < -0.3 is 24.8 Å². The van der Waals surface area contributed by atoms with Gasteiger partial charge in [0.25, 0.3) is 0 Å². The summed E-state index contributed by atoms with van der Waals surface area (Å²) in [5.41, 5.74) is 1.24. The number of rotatable bonds is 10. The molecule has 7 nitrogen and oxygen atoms in total. The van der Waals surface area contributed by atoms with Crippen LogP contribution in [0.5, 0.6) is 11.5 Å². The highest BCUT2D eigenvalue weighted by atomic mass is 127. The lowest BCUT2D eigenvalue weighted by atomic mass is 10.0. The third-order valence-corrected chi connectivity index (χ3v) is 5.37. The molecule has 1 heterocycles. The zero-order chi connectivity index (χ0) is 21.1. The summed E-state index contributed by atoms with van der Waals surface area (Å²) in [6.07, 6.45) is 1.97. The van der Waals surface area contributed by atoms with E-state index in [-0.39, 0.29) is 24.0 Å². The third-order valence-electron chi connectivity index (χ3n) is 5.37. The number of aryl methyl sites for hydroxylation is 1. The monoisotopic (exact) mass is 534 g/mol. The van der Waals surface area contributed by atoms with E-state index in [1.165, 1.54) is 5.56 Å². The van der Waals surface area contributed by atoms with Crippen LogP contribution in [0, 0.1) is 5.92 Å². The summed E-state index contributed by atoms with van der Waals surface area (Å²) in [7, 11) is 5.14. The maximum Gasteiger partial charge on any atom is 0.191 e. The fraction of sp³-hybridized carbons (Fsp3) is 0.682. The van der Waals surface area contributed by atoms with Crippen molar-refractivity contribution in [2.24, 2.45) is 10.9 Å². The van der Waals surface area contributed by atoms with Gasteiger partial charge in [-0.1, -0.05) is 19.9 Å². The quantitative estimate of drug-likeness (QED) is 0.208. The Labute approximate surface area is 199 Å². The van der Waals surface area contributed by atoms with E-state index in [2.05, 4.69) is 40.4 Å². The summed E-state index contributed by atoms with van der Waals surface area (Å²) >= 11 is 0. The number of hydrogen-bond donors (Lipinski definition) is 2. The van der Waals surface area contributed by atoms with Gasteiger partial charge in [0.15, 0.2) is 17.5 Å². The molecule has 0 radical (unpaired) electrons. The van der Waals surface area contributed by atoms with Crippen molar-refractivity contribution in [3.05, 3.63) is 23.8 Å². The second-order valence-corrected chi connectivity index (χ2v) is 7.63. The van der Waals surface area contributed by atoms with Crippen molar-refractivity contribution >= 4 is 29.9 Å². The van der Waals surface area contributed by atoms with Gasteiger partial charge in [0.2, 0.25) is 0 Å². The second-order valence-electron chi connectivity index (χ2n) is 7.63. The Hall–Kier alpha value is -1.26. The molecule has 1 atom stereocenters. The van der Waals surface area contributed by atoms with E-state index in [1.54, 1.807) is 14.2 Å². The van der Waals surface area contributed by atoms with Gasteiger partial charge in [-0.2, -0.15) is 0 Å². The molecule has 1 aromatic rings. The van der Waals surface area contributed by atoms with Crippen molar-refractivity contribution in [1.82, 2.24) is 15.5 Å². The van der Waals surface area contributed by atoms with Crippen molar-refractivity contribution in [2.45, 2.75) is 32.7 Å². The van der Waals surface area contributed by atoms with Crippen LogP contribution in [-0.4, -0.2) is 77.6 Å². The zero-order valence-corrected chi connectivity index (χ0v) is 21.4. The molecule has 0 saturated carbocycles. The molecule has 1 aliphatic heterocycles. The largest absolute Gasteiger partial charge is 0.493 e. The van der Waals surface area contributed by atoms with E-state index < -0.39 is 0 Å². The highest BCUT2D eigenvalue weighted by Crippen LogP contribution is 2.27. The molecular weight excluding hydrogens is 495 g/mol. The van der Waals surface area contributed by atoms with Crippen LogP contribution < -0.4 is 20.1 Å². The first kappa shape index (κ1) is 26.8. The summed E-state index contributed by atoms with van der Waals surface area (Å²) in [6.45, 7) is 9.95. The number of hydrogen-bond acceptors (Lipinski definition) is 5. The van der Waals surface area contributed by atoms with Crippen molar-refractivity contribution in [3.63, 3.8) is 0 Å². The Bertz CT molecular complexity index is 637. The Morgan fingerprint density at radius 2 is 1.83 bits per heavy atom. The molecule has 30 heavy (non-hydrogen) atoms. The van der Waals surface area contributed by atoms with Gasteiger partial charge in [-0.25, -0.2) is 0 Å². The lowest BCUT2D eigenvalue weighted by molar-refractivity contribution is 0.00752. The number of nitrogens with zero attached hydrogens (tertiary/aromatic N) is 2. The van der Waals surface area contributed by atoms with E-state index in [0.717, 1.165) is 69.7 Å². The standard InChI is InChI=1S/C22H38N4O3.HI/c1-17(2)19(26-11-13-29-14-12-26)16-25-22(23-3)24-10-6-7-18-8-9-20(27-4)21(15-18)28-5;/h8-9,15,17,19H,6-7,10-14,16H2,1-5H3,(H2,23,24,25);1H. The van der Waals surface area contributed by atoms with Crippen molar-refractivity contribution < 1.29 is 14.2 Å². The first-order valence-electron chi connectivity index (χ1n) is 10.6. The zero-order valence-electron chi connectivity index (χ0n) is 19.1. The van der Waals surface area contributed by atoms with E-state index in [0.29, 0.717) is 12.0 Å². The molecule has 1 fully saturated rings. The molecular formula is C22H39IN4O3. The molecule has 0 aliphatic carbocycles. The molecule has 8 heteroatoms. The van der Waals surface area contributed by atoms with E-state index in [1.807, 2.05) is 19.2 Å². The number of benzene rings is 1. The van der Waals surface area contributed by atoms with Gasteiger partial charge in [0.1, 0.15) is 0 Å². The maximum atomic E-state index is 5.49. The summed E-state index contributed by atoms with van der Waals surface area (Å²) in [5.74, 6) is 2.97. The van der Waals surface area contributed by atoms with Crippen LogP contribution >= 0.6 is 24.0 Å². The average Bonchev–Trinajstić information content (AvgIpc) is 2.75. The van der Waals surface area contributed by atoms with Gasteiger partial charge in [0, 0.05) is 39.3 Å². The summed E-state index contributed by atoms with van der Waals surface area (Å²) in [4.78, 5) is 6.89. The van der Waals surface area contributed by atoms with Crippen molar-refractivity contribution in [1.29, 1.82) is 0 Å². The van der Waals surface area contributed by atoms with Crippen LogP contribution in [0.2, 0.25) is 0 Å². The lowest BCUT2D eigenvalue weighted by Crippen LogP contribution is -2.52. The smallest absolute Gasteiger partial charge is 0.191 e. The number of halogens is 1. The number of morpholine rings is 1. The fourth-order valence-corrected chi connectivity index (χ4v) is 3.65. The van der Waals surface area contributed by atoms with Crippen LogP contribution in [0.25, 0.3) is 0 Å². The Morgan fingerprint density at radius 1 is 1.13 bits per heavy atom. The van der Waals surface area contributed by atoms with E-state index in [4.69, 9.17) is 14.2 Å². The SMILES string of the molecule is CN=C(NCCCc1ccc(OC)c(OC)c1)NCC(C(C)C)N1CCOCC1.I. The molecule has 172 valence electrons. The molecule has 1 aliphatic rings. The van der Waals surface area contributed by atoms with Crippen molar-refractivity contribution in [3.8, 4) is 11.5 Å². The molecule has 1 aromatic carbocycles. The van der Waals surface area contributed by atoms with E-state index in [9.17, 15) is 0 Å². The number of methoxy groups -OCH3 is 2. The van der Waals surface area contributed by atoms with Crippen LogP contribution in [0.1, 0.15) is 25.8 Å². The normalized spacial score (nSPS) is 16.0. The number of ether oxygens (including phenoxy) is 3. The summed E-state index contributed by atoms with van der Waals surface area (Å²) in [5, 5.41) is 6.93. The highest BCUT2D eigenvalue weighted by molar-refractivity contribution is 14.0. The first-order valence-corrected chi connectivity index (χ1v) is 10.6. The van der Waals surface area contributed by atoms with Crippen LogP contribution in [0.4, 0.5) is 0 Å². The van der Waals surface area contributed by atoms with Crippen LogP contribution in [0.3, 0.4) is 0 Å². The topological polar surface area (TPSA) is 67.4 Å². The first-order chi connectivity index (χ1) is 14.1. The fourth-order valence-electron chi connectivity index (χ4n) is 3.65. The van der Waals surface area contributed by atoms with Gasteiger partial charge in [-0.05, 0) is 36.5 Å². The molecule has 0 spiro atoms. The molecule has 0 aromatic heterocycles. The minimum atomic E-state index is 0. The molecule has 0 bridgehead atoms.